The Morgan fingerprint density at radius 3 is 1.86 bits per heavy atom. The Kier molecular flexibility index (Phi) is 6.93. The van der Waals surface area contributed by atoms with Gasteiger partial charge in [-0.3, -0.25) is 0 Å². The van der Waals surface area contributed by atoms with E-state index in [1.165, 1.54) is 12.1 Å². The molecule has 0 bridgehead atoms. The summed E-state index contributed by atoms with van der Waals surface area (Å²) in [7, 11) is 0. The van der Waals surface area contributed by atoms with Gasteiger partial charge in [-0.25, -0.2) is 9.37 Å². The highest BCUT2D eigenvalue weighted by molar-refractivity contribution is 5.50. The maximum absolute atomic E-state index is 14.0. The van der Waals surface area contributed by atoms with Gasteiger partial charge < -0.3 is 9.67 Å². The van der Waals surface area contributed by atoms with Crippen LogP contribution in [-0.4, -0.2) is 14.7 Å². The number of rotatable bonds is 8. The standard InChI is InChI=1S/C32H26FN3O/c33-30-20-24(16-17-25(30)21-34)31(37)19-18-29-22-36(23-35-29)32(26-10-4-1-5-11-26,27-12-6-2-7-13-27)28-14-8-3-9-15-28/h1-17,20,22-23,31,37H,18-19H2. The minimum Gasteiger partial charge on any atom is -0.388 e. The molecule has 0 aliphatic heterocycles. The van der Waals surface area contributed by atoms with Gasteiger partial charge >= 0.3 is 0 Å². The second-order valence-corrected chi connectivity index (χ2v) is 8.99. The van der Waals surface area contributed by atoms with Crippen molar-refractivity contribution >= 4 is 0 Å². The van der Waals surface area contributed by atoms with Crippen molar-refractivity contribution in [3.8, 4) is 6.07 Å². The van der Waals surface area contributed by atoms with Gasteiger partial charge in [0.25, 0.3) is 0 Å². The molecule has 4 nitrogen and oxygen atoms in total. The van der Waals surface area contributed by atoms with Gasteiger partial charge in [0.05, 0.1) is 23.7 Å². The van der Waals surface area contributed by atoms with E-state index in [0.717, 1.165) is 22.4 Å². The maximum Gasteiger partial charge on any atom is 0.141 e. The fraction of sp³-hybridized carbons (Fsp3) is 0.125. The molecule has 1 unspecified atom stereocenters. The van der Waals surface area contributed by atoms with Crippen LogP contribution in [0.2, 0.25) is 0 Å². The van der Waals surface area contributed by atoms with E-state index in [1.54, 1.807) is 6.07 Å². The molecular weight excluding hydrogens is 461 g/mol. The molecule has 5 heteroatoms. The summed E-state index contributed by atoms with van der Waals surface area (Å²) in [5, 5.41) is 19.6. The van der Waals surface area contributed by atoms with Crippen molar-refractivity contribution in [3.05, 3.63) is 161 Å². The minimum absolute atomic E-state index is 0.0335. The van der Waals surface area contributed by atoms with Crippen LogP contribution < -0.4 is 0 Å². The van der Waals surface area contributed by atoms with E-state index in [2.05, 4.69) is 41.0 Å². The van der Waals surface area contributed by atoms with Crippen molar-refractivity contribution in [1.29, 1.82) is 5.26 Å². The number of aromatic nitrogens is 2. The number of aliphatic hydroxyl groups is 1. The molecule has 1 heterocycles. The highest BCUT2D eigenvalue weighted by Crippen LogP contribution is 2.40. The molecule has 0 radical (unpaired) electrons. The van der Waals surface area contributed by atoms with Crippen LogP contribution in [0, 0.1) is 17.1 Å². The van der Waals surface area contributed by atoms with Crippen molar-refractivity contribution < 1.29 is 9.50 Å². The topological polar surface area (TPSA) is 61.8 Å². The van der Waals surface area contributed by atoms with Gasteiger partial charge in [0.15, 0.2) is 0 Å². The van der Waals surface area contributed by atoms with E-state index in [0.29, 0.717) is 18.4 Å². The van der Waals surface area contributed by atoms with Crippen LogP contribution >= 0.6 is 0 Å². The third-order valence-corrected chi connectivity index (χ3v) is 6.77. The molecule has 0 saturated carbocycles. The van der Waals surface area contributed by atoms with Crippen LogP contribution in [0.1, 0.15) is 46.0 Å². The molecule has 0 aliphatic rings. The molecule has 182 valence electrons. The highest BCUT2D eigenvalue weighted by Gasteiger charge is 2.38. The molecule has 0 saturated heterocycles. The molecule has 0 fully saturated rings. The van der Waals surface area contributed by atoms with Gasteiger partial charge in [-0.2, -0.15) is 5.26 Å². The maximum atomic E-state index is 14.0. The number of aliphatic hydroxyl groups excluding tert-OH is 1. The lowest BCUT2D eigenvalue weighted by Crippen LogP contribution is -2.36. The Morgan fingerprint density at radius 2 is 1.38 bits per heavy atom. The van der Waals surface area contributed by atoms with Crippen LogP contribution in [0.5, 0.6) is 0 Å². The molecule has 5 aromatic rings. The van der Waals surface area contributed by atoms with Crippen molar-refractivity contribution in [2.45, 2.75) is 24.5 Å². The van der Waals surface area contributed by atoms with Gasteiger partial charge in [-0.15, -0.1) is 0 Å². The largest absolute Gasteiger partial charge is 0.388 e. The zero-order valence-electron chi connectivity index (χ0n) is 20.2. The summed E-state index contributed by atoms with van der Waals surface area (Å²) in [6, 6.07) is 37.1. The summed E-state index contributed by atoms with van der Waals surface area (Å²) in [4.78, 5) is 4.70. The number of nitrogens with zero attached hydrogens (tertiary/aromatic N) is 3. The number of imidazole rings is 1. The summed E-state index contributed by atoms with van der Waals surface area (Å²) in [6.45, 7) is 0. The van der Waals surface area contributed by atoms with Crippen molar-refractivity contribution in [2.75, 3.05) is 0 Å². The van der Waals surface area contributed by atoms with E-state index in [-0.39, 0.29) is 5.56 Å². The van der Waals surface area contributed by atoms with E-state index in [9.17, 15) is 9.50 Å². The van der Waals surface area contributed by atoms with E-state index in [4.69, 9.17) is 10.2 Å². The molecule has 1 N–H and O–H groups in total. The Morgan fingerprint density at radius 1 is 0.838 bits per heavy atom. The molecule has 4 aromatic carbocycles. The van der Waals surface area contributed by atoms with Gasteiger partial charge in [-0.1, -0.05) is 97.1 Å². The van der Waals surface area contributed by atoms with Crippen molar-refractivity contribution in [3.63, 3.8) is 0 Å². The van der Waals surface area contributed by atoms with Gasteiger partial charge in [0.2, 0.25) is 0 Å². The number of nitriles is 1. The minimum atomic E-state index is -0.866. The van der Waals surface area contributed by atoms with E-state index < -0.39 is 17.5 Å². The summed E-state index contributed by atoms with van der Waals surface area (Å²) < 4.78 is 16.2. The lowest BCUT2D eigenvalue weighted by molar-refractivity contribution is 0.167. The monoisotopic (exact) mass is 487 g/mol. The number of hydrogen-bond donors (Lipinski definition) is 1. The normalized spacial score (nSPS) is 12.1. The molecule has 1 atom stereocenters. The first-order valence-electron chi connectivity index (χ1n) is 12.2. The highest BCUT2D eigenvalue weighted by atomic mass is 19.1. The molecule has 37 heavy (non-hydrogen) atoms. The first kappa shape index (κ1) is 24.2. The van der Waals surface area contributed by atoms with E-state index >= 15 is 0 Å². The number of halogens is 1. The summed E-state index contributed by atoms with van der Waals surface area (Å²) >= 11 is 0. The second-order valence-electron chi connectivity index (χ2n) is 8.99. The van der Waals surface area contributed by atoms with Crippen LogP contribution in [0.4, 0.5) is 4.39 Å². The van der Waals surface area contributed by atoms with Crippen molar-refractivity contribution in [2.24, 2.45) is 0 Å². The molecule has 5 rings (SSSR count). The predicted molar refractivity (Wildman–Crippen MR) is 141 cm³/mol. The lowest BCUT2D eigenvalue weighted by atomic mass is 9.77. The Balaban J connectivity index is 1.52. The first-order chi connectivity index (χ1) is 18.1. The van der Waals surface area contributed by atoms with Gasteiger partial charge in [-0.05, 0) is 47.2 Å². The number of aryl methyl sites for hydroxylation is 1. The molecule has 1 aromatic heterocycles. The summed E-state index contributed by atoms with van der Waals surface area (Å²) in [6.07, 6.45) is 3.88. The Hall–Kier alpha value is -4.53. The average molecular weight is 488 g/mol. The van der Waals surface area contributed by atoms with Crippen LogP contribution in [-0.2, 0) is 12.0 Å². The van der Waals surface area contributed by atoms with Crippen LogP contribution in [0.15, 0.2) is 122 Å². The predicted octanol–water partition coefficient (Wildman–Crippen LogP) is 6.40. The quantitative estimate of drug-likeness (QED) is 0.258. The fourth-order valence-electron chi connectivity index (χ4n) is 4.94. The van der Waals surface area contributed by atoms with Crippen molar-refractivity contribution in [1.82, 2.24) is 9.55 Å². The Labute approximate surface area is 215 Å². The number of benzene rings is 4. The number of hydrogen-bond acceptors (Lipinski definition) is 3. The Bertz CT molecular complexity index is 1410. The second kappa shape index (κ2) is 10.6. The lowest BCUT2D eigenvalue weighted by Gasteiger charge is -2.37. The van der Waals surface area contributed by atoms with E-state index in [1.807, 2.05) is 73.2 Å². The summed E-state index contributed by atoms with van der Waals surface area (Å²) in [5.41, 5.74) is 3.89. The first-order valence-corrected chi connectivity index (χ1v) is 12.2. The molecule has 0 aliphatic carbocycles. The van der Waals surface area contributed by atoms with Gasteiger partial charge in [0.1, 0.15) is 17.4 Å². The zero-order valence-corrected chi connectivity index (χ0v) is 20.2. The van der Waals surface area contributed by atoms with Crippen LogP contribution in [0.25, 0.3) is 0 Å². The third-order valence-electron chi connectivity index (χ3n) is 6.77. The molecule has 0 spiro atoms. The van der Waals surface area contributed by atoms with Crippen LogP contribution in [0.3, 0.4) is 0 Å². The average Bonchev–Trinajstić information content (AvgIpc) is 3.43. The smallest absolute Gasteiger partial charge is 0.141 e. The molecule has 0 amide bonds. The SMILES string of the molecule is N#Cc1ccc(C(O)CCc2cn(C(c3ccccc3)(c3ccccc3)c3ccccc3)cn2)cc1F. The fourth-order valence-corrected chi connectivity index (χ4v) is 4.94. The van der Waals surface area contributed by atoms with Gasteiger partial charge in [0, 0.05) is 6.20 Å². The third kappa shape index (κ3) is 4.67. The summed E-state index contributed by atoms with van der Waals surface area (Å²) in [5.74, 6) is -0.623. The zero-order chi connectivity index (χ0) is 25.7. The molecular formula is C32H26FN3O.